The second-order valence-electron chi connectivity index (χ2n) is 8.57. The van der Waals surface area contributed by atoms with Crippen LogP contribution < -0.4 is 10.0 Å². The summed E-state index contributed by atoms with van der Waals surface area (Å²) in [6, 6.07) is 18.0. The average Bonchev–Trinajstić information content (AvgIpc) is 2.78. The van der Waals surface area contributed by atoms with Gasteiger partial charge < -0.3 is 10.4 Å². The summed E-state index contributed by atoms with van der Waals surface area (Å²) in [4.78, 5) is 24.0. The molecule has 0 aliphatic heterocycles. The van der Waals surface area contributed by atoms with Crippen molar-refractivity contribution in [3.8, 4) is 11.1 Å². The SMILES string of the molecule is Cc1ccc(C)c(S(=O)(=O)Nc2cccc(-c3ccc(C(=O)N[C@H](C(=O)O)C(C)C)cc3)c2)c1. The van der Waals surface area contributed by atoms with Gasteiger partial charge in [0.2, 0.25) is 0 Å². The summed E-state index contributed by atoms with van der Waals surface area (Å²) in [6.07, 6.45) is 0. The van der Waals surface area contributed by atoms with Gasteiger partial charge in [0.05, 0.1) is 4.90 Å². The highest BCUT2D eigenvalue weighted by atomic mass is 32.2. The number of hydrogen-bond acceptors (Lipinski definition) is 4. The number of carbonyl (C=O) groups is 2. The third kappa shape index (κ3) is 5.82. The number of sulfonamides is 1. The zero-order valence-corrected chi connectivity index (χ0v) is 20.3. The number of rotatable bonds is 8. The largest absolute Gasteiger partial charge is 0.480 e. The van der Waals surface area contributed by atoms with Crippen LogP contribution in [-0.2, 0) is 14.8 Å². The summed E-state index contributed by atoms with van der Waals surface area (Å²) in [5.41, 5.74) is 3.81. The summed E-state index contributed by atoms with van der Waals surface area (Å²) >= 11 is 0. The second-order valence-corrected chi connectivity index (χ2v) is 10.2. The lowest BCUT2D eigenvalue weighted by molar-refractivity contribution is -0.140. The first-order valence-electron chi connectivity index (χ1n) is 10.8. The highest BCUT2D eigenvalue weighted by molar-refractivity contribution is 7.92. The van der Waals surface area contributed by atoms with E-state index in [1.807, 2.05) is 19.1 Å². The second kappa shape index (κ2) is 10.1. The van der Waals surface area contributed by atoms with Crippen molar-refractivity contribution >= 4 is 27.6 Å². The molecule has 1 amide bonds. The van der Waals surface area contributed by atoms with Crippen molar-refractivity contribution in [3.63, 3.8) is 0 Å². The third-order valence-corrected chi connectivity index (χ3v) is 6.97. The van der Waals surface area contributed by atoms with Gasteiger partial charge >= 0.3 is 5.97 Å². The summed E-state index contributed by atoms with van der Waals surface area (Å²) in [5, 5.41) is 11.8. The van der Waals surface area contributed by atoms with Crippen LogP contribution in [0.5, 0.6) is 0 Å². The zero-order valence-electron chi connectivity index (χ0n) is 19.5. The lowest BCUT2D eigenvalue weighted by atomic mass is 10.0. The third-order valence-electron chi connectivity index (χ3n) is 5.45. The Balaban J connectivity index is 1.80. The number of carbonyl (C=O) groups excluding carboxylic acids is 1. The number of aryl methyl sites for hydroxylation is 2. The van der Waals surface area contributed by atoms with Gasteiger partial charge in [-0.2, -0.15) is 0 Å². The number of hydrogen-bond donors (Lipinski definition) is 3. The van der Waals surface area contributed by atoms with Crippen LogP contribution in [0.4, 0.5) is 5.69 Å². The monoisotopic (exact) mass is 480 g/mol. The molecule has 0 aliphatic carbocycles. The van der Waals surface area contributed by atoms with E-state index in [0.717, 1.165) is 16.7 Å². The number of anilines is 1. The molecule has 0 heterocycles. The normalized spacial score (nSPS) is 12.3. The molecule has 0 fully saturated rings. The Morgan fingerprint density at radius 3 is 2.18 bits per heavy atom. The van der Waals surface area contributed by atoms with Crippen LogP contribution >= 0.6 is 0 Å². The molecule has 34 heavy (non-hydrogen) atoms. The fourth-order valence-electron chi connectivity index (χ4n) is 3.52. The molecule has 3 rings (SSSR count). The van der Waals surface area contributed by atoms with Crippen molar-refractivity contribution in [2.24, 2.45) is 5.92 Å². The van der Waals surface area contributed by atoms with Gasteiger partial charge in [-0.3, -0.25) is 9.52 Å². The molecule has 0 saturated heterocycles. The molecule has 3 aromatic rings. The van der Waals surface area contributed by atoms with E-state index in [9.17, 15) is 23.1 Å². The van der Waals surface area contributed by atoms with E-state index in [1.165, 1.54) is 0 Å². The van der Waals surface area contributed by atoms with Gasteiger partial charge in [-0.25, -0.2) is 13.2 Å². The van der Waals surface area contributed by atoms with E-state index < -0.39 is 27.9 Å². The topological polar surface area (TPSA) is 113 Å². The number of nitrogens with one attached hydrogen (secondary N) is 2. The Hall–Kier alpha value is -3.65. The summed E-state index contributed by atoms with van der Waals surface area (Å²) in [7, 11) is -3.76. The Bertz CT molecular complexity index is 1320. The molecule has 0 spiro atoms. The van der Waals surface area contributed by atoms with Crippen molar-refractivity contribution in [1.82, 2.24) is 5.32 Å². The molecule has 0 radical (unpaired) electrons. The number of benzene rings is 3. The zero-order chi connectivity index (χ0) is 25.0. The standard InChI is InChI=1S/C26H28N2O5S/c1-16(2)24(26(30)31)27-25(29)20-12-10-19(11-13-20)21-6-5-7-22(15-21)28-34(32,33)23-14-17(3)8-9-18(23)4/h5-16,24,28H,1-4H3,(H,27,29)(H,30,31)/t24-/m0/s1. The molecule has 0 saturated carbocycles. The number of carboxylic acids is 1. The van der Waals surface area contributed by atoms with E-state index in [2.05, 4.69) is 10.0 Å². The maximum atomic E-state index is 12.9. The number of aliphatic carboxylic acids is 1. The minimum Gasteiger partial charge on any atom is -0.480 e. The quantitative estimate of drug-likeness (QED) is 0.436. The molecule has 7 nitrogen and oxygen atoms in total. The van der Waals surface area contributed by atoms with Crippen molar-refractivity contribution in [1.29, 1.82) is 0 Å². The van der Waals surface area contributed by atoms with Gasteiger partial charge in [0.1, 0.15) is 6.04 Å². The molecule has 0 unspecified atom stereocenters. The van der Waals surface area contributed by atoms with Crippen molar-refractivity contribution < 1.29 is 23.1 Å². The molecule has 1 atom stereocenters. The smallest absolute Gasteiger partial charge is 0.326 e. The summed E-state index contributed by atoms with van der Waals surface area (Å²) < 4.78 is 28.5. The first kappa shape index (κ1) is 25.0. The van der Waals surface area contributed by atoms with Gasteiger partial charge in [-0.1, -0.05) is 50.2 Å². The average molecular weight is 481 g/mol. The van der Waals surface area contributed by atoms with Crippen molar-refractivity contribution in [2.45, 2.75) is 38.6 Å². The lowest BCUT2D eigenvalue weighted by Crippen LogP contribution is -2.44. The van der Waals surface area contributed by atoms with Gasteiger partial charge in [0, 0.05) is 11.3 Å². The summed E-state index contributed by atoms with van der Waals surface area (Å²) in [5.74, 6) is -1.81. The first-order valence-corrected chi connectivity index (χ1v) is 12.3. The molecule has 0 aromatic heterocycles. The van der Waals surface area contributed by atoms with Gasteiger partial charge in [0.15, 0.2) is 0 Å². The minimum atomic E-state index is -3.76. The Morgan fingerprint density at radius 1 is 0.882 bits per heavy atom. The molecule has 8 heteroatoms. The van der Waals surface area contributed by atoms with Crippen molar-refractivity contribution in [3.05, 3.63) is 83.4 Å². The molecular weight excluding hydrogens is 452 g/mol. The predicted octanol–water partition coefficient (Wildman–Crippen LogP) is 4.61. The first-order chi connectivity index (χ1) is 16.0. The highest BCUT2D eigenvalue weighted by Crippen LogP contribution is 2.26. The van der Waals surface area contributed by atoms with Gasteiger partial charge in [-0.15, -0.1) is 0 Å². The maximum Gasteiger partial charge on any atom is 0.326 e. The van der Waals surface area contributed by atoms with Crippen LogP contribution in [0.1, 0.15) is 35.3 Å². The Kier molecular flexibility index (Phi) is 7.41. The fraction of sp³-hybridized carbons (Fsp3) is 0.231. The van der Waals surface area contributed by atoms with Gasteiger partial charge in [0.25, 0.3) is 15.9 Å². The highest BCUT2D eigenvalue weighted by Gasteiger charge is 2.24. The predicted molar refractivity (Wildman–Crippen MR) is 132 cm³/mol. The van der Waals surface area contributed by atoms with E-state index in [0.29, 0.717) is 16.8 Å². The molecule has 178 valence electrons. The van der Waals surface area contributed by atoms with Crippen LogP contribution in [0.3, 0.4) is 0 Å². The van der Waals surface area contributed by atoms with Crippen LogP contribution in [-0.4, -0.2) is 31.4 Å². The van der Waals surface area contributed by atoms with Crippen LogP contribution in [0, 0.1) is 19.8 Å². The lowest BCUT2D eigenvalue weighted by Gasteiger charge is -2.18. The van der Waals surface area contributed by atoms with E-state index in [1.54, 1.807) is 75.4 Å². The molecule has 0 bridgehead atoms. The van der Waals surface area contributed by atoms with Crippen LogP contribution in [0.25, 0.3) is 11.1 Å². The molecule has 3 aromatic carbocycles. The van der Waals surface area contributed by atoms with Gasteiger partial charge in [-0.05, 0) is 72.4 Å². The fourth-order valence-corrected chi connectivity index (χ4v) is 4.90. The van der Waals surface area contributed by atoms with E-state index in [-0.39, 0.29) is 10.8 Å². The number of amides is 1. The number of carboxylic acid groups (broad SMARTS) is 1. The Labute approximate surface area is 199 Å². The van der Waals surface area contributed by atoms with Crippen LogP contribution in [0.2, 0.25) is 0 Å². The Morgan fingerprint density at radius 2 is 1.56 bits per heavy atom. The van der Waals surface area contributed by atoms with E-state index >= 15 is 0 Å². The minimum absolute atomic E-state index is 0.231. The molecule has 3 N–H and O–H groups in total. The maximum absolute atomic E-state index is 12.9. The van der Waals surface area contributed by atoms with Crippen LogP contribution in [0.15, 0.2) is 71.6 Å². The molecule has 0 aliphatic rings. The van der Waals surface area contributed by atoms with Crippen molar-refractivity contribution in [2.75, 3.05) is 4.72 Å². The summed E-state index contributed by atoms with van der Waals surface area (Å²) in [6.45, 7) is 7.04. The molecular formula is C26H28N2O5S. The van der Waals surface area contributed by atoms with E-state index in [4.69, 9.17) is 0 Å².